The summed E-state index contributed by atoms with van der Waals surface area (Å²) < 4.78 is 12.0. The number of ether oxygens (including phenoxy) is 2. The number of benzene rings is 2. The van der Waals surface area contributed by atoms with Crippen molar-refractivity contribution in [2.24, 2.45) is 5.92 Å². The van der Waals surface area contributed by atoms with Gasteiger partial charge in [-0.05, 0) is 79.7 Å². The van der Waals surface area contributed by atoms with Crippen LogP contribution >= 0.6 is 0 Å². The number of rotatable bonds is 7. The maximum Gasteiger partial charge on any atom is 0.251 e. The fourth-order valence-corrected chi connectivity index (χ4v) is 4.74. The minimum Gasteiger partial charge on any atom is -0.486 e. The van der Waals surface area contributed by atoms with E-state index in [4.69, 9.17) is 9.47 Å². The van der Waals surface area contributed by atoms with Gasteiger partial charge in [-0.3, -0.25) is 14.7 Å². The third-order valence-corrected chi connectivity index (χ3v) is 6.72. The summed E-state index contributed by atoms with van der Waals surface area (Å²) in [6.07, 6.45) is 6.99. The van der Waals surface area contributed by atoms with Crippen LogP contribution in [0.3, 0.4) is 0 Å². The number of aromatic nitrogens is 1. The van der Waals surface area contributed by atoms with Gasteiger partial charge >= 0.3 is 0 Å². The van der Waals surface area contributed by atoms with Crippen LogP contribution in [0.1, 0.15) is 29.6 Å². The van der Waals surface area contributed by atoms with Crippen molar-refractivity contribution in [3.8, 4) is 22.6 Å². The molecule has 1 fully saturated rings. The summed E-state index contributed by atoms with van der Waals surface area (Å²) >= 11 is 0. The van der Waals surface area contributed by atoms with Crippen molar-refractivity contribution in [2.45, 2.75) is 25.4 Å². The van der Waals surface area contributed by atoms with E-state index in [0.717, 1.165) is 61.5 Å². The standard InChI is InChI=1S/C28H31N3O3/c32-28(23-9-7-22(8-10-23)24-4-3-14-29-18-24)30-15-11-21-12-16-31(17-13-21)19-25-20-33-26-5-1-2-6-27(26)34-25/h1-10,14,18,21,25H,11-13,15-17,19-20H2,(H,30,32). The van der Waals surface area contributed by atoms with Gasteiger partial charge in [0.25, 0.3) is 5.91 Å². The first kappa shape index (κ1) is 22.4. The molecule has 0 spiro atoms. The largest absolute Gasteiger partial charge is 0.486 e. The second-order valence-electron chi connectivity index (χ2n) is 9.11. The number of carbonyl (C=O) groups is 1. The predicted molar refractivity (Wildman–Crippen MR) is 132 cm³/mol. The number of para-hydroxylation sites is 2. The zero-order valence-corrected chi connectivity index (χ0v) is 19.4. The molecule has 2 aliphatic rings. The SMILES string of the molecule is O=C(NCCC1CCN(CC2COc3ccccc3O2)CC1)c1ccc(-c2cccnc2)cc1. The zero-order chi connectivity index (χ0) is 23.2. The highest BCUT2D eigenvalue weighted by atomic mass is 16.6. The number of hydrogen-bond donors (Lipinski definition) is 1. The molecule has 1 unspecified atom stereocenters. The number of piperidine rings is 1. The Labute approximate surface area is 200 Å². The summed E-state index contributed by atoms with van der Waals surface area (Å²) in [6, 6.07) is 19.5. The number of amides is 1. The Morgan fingerprint density at radius 2 is 1.76 bits per heavy atom. The molecule has 1 atom stereocenters. The summed E-state index contributed by atoms with van der Waals surface area (Å²) in [6.45, 7) is 4.34. The van der Waals surface area contributed by atoms with E-state index in [-0.39, 0.29) is 12.0 Å². The van der Waals surface area contributed by atoms with Gasteiger partial charge in [-0.1, -0.05) is 30.3 Å². The summed E-state index contributed by atoms with van der Waals surface area (Å²) in [5.74, 6) is 2.32. The Hall–Kier alpha value is -3.38. The van der Waals surface area contributed by atoms with Gasteiger partial charge in [0.2, 0.25) is 0 Å². The normalized spacial score (nSPS) is 18.4. The summed E-state index contributed by atoms with van der Waals surface area (Å²) in [4.78, 5) is 19.2. The molecular formula is C28H31N3O3. The molecule has 0 aliphatic carbocycles. The second kappa shape index (κ2) is 10.7. The van der Waals surface area contributed by atoms with Gasteiger partial charge in [-0.15, -0.1) is 0 Å². The predicted octanol–water partition coefficient (Wildman–Crippen LogP) is 4.42. The molecule has 34 heavy (non-hydrogen) atoms. The fourth-order valence-electron chi connectivity index (χ4n) is 4.74. The number of pyridine rings is 1. The average molecular weight is 458 g/mol. The molecule has 3 aromatic rings. The van der Waals surface area contributed by atoms with E-state index in [2.05, 4.69) is 15.2 Å². The lowest BCUT2D eigenvalue weighted by atomic mass is 9.93. The summed E-state index contributed by atoms with van der Waals surface area (Å²) in [5, 5.41) is 3.09. The van der Waals surface area contributed by atoms with Crippen molar-refractivity contribution < 1.29 is 14.3 Å². The topological polar surface area (TPSA) is 63.7 Å². The van der Waals surface area contributed by atoms with E-state index in [1.54, 1.807) is 6.20 Å². The molecule has 3 heterocycles. The van der Waals surface area contributed by atoms with Crippen LogP contribution in [0.25, 0.3) is 11.1 Å². The van der Waals surface area contributed by atoms with E-state index < -0.39 is 0 Å². The molecule has 2 aliphatic heterocycles. The number of nitrogens with zero attached hydrogens (tertiary/aromatic N) is 2. The maximum absolute atomic E-state index is 12.5. The van der Waals surface area contributed by atoms with Gasteiger partial charge in [0.15, 0.2) is 11.5 Å². The maximum atomic E-state index is 12.5. The zero-order valence-electron chi connectivity index (χ0n) is 19.4. The molecule has 1 amide bonds. The van der Waals surface area contributed by atoms with Crippen LogP contribution in [-0.4, -0.2) is 54.7 Å². The highest BCUT2D eigenvalue weighted by Crippen LogP contribution is 2.31. The number of hydrogen-bond acceptors (Lipinski definition) is 5. The number of likely N-dealkylation sites (tertiary alicyclic amines) is 1. The quantitative estimate of drug-likeness (QED) is 0.569. The van der Waals surface area contributed by atoms with Gasteiger partial charge in [0.05, 0.1) is 0 Å². The van der Waals surface area contributed by atoms with Crippen LogP contribution in [0.2, 0.25) is 0 Å². The van der Waals surface area contributed by atoms with Crippen LogP contribution in [0, 0.1) is 5.92 Å². The molecule has 0 radical (unpaired) electrons. The van der Waals surface area contributed by atoms with Crippen molar-refractivity contribution in [1.82, 2.24) is 15.2 Å². The first-order valence-electron chi connectivity index (χ1n) is 12.1. The molecule has 0 bridgehead atoms. The Balaban J connectivity index is 1.01. The Kier molecular flexibility index (Phi) is 7.05. The van der Waals surface area contributed by atoms with Crippen LogP contribution in [0.15, 0.2) is 73.1 Å². The van der Waals surface area contributed by atoms with Gasteiger partial charge in [-0.25, -0.2) is 0 Å². The summed E-state index contributed by atoms with van der Waals surface area (Å²) in [5.41, 5.74) is 2.80. The second-order valence-corrected chi connectivity index (χ2v) is 9.11. The van der Waals surface area contributed by atoms with Crippen molar-refractivity contribution in [2.75, 3.05) is 32.8 Å². The van der Waals surface area contributed by atoms with Crippen molar-refractivity contribution in [3.05, 3.63) is 78.6 Å². The van der Waals surface area contributed by atoms with E-state index in [1.807, 2.05) is 66.9 Å². The summed E-state index contributed by atoms with van der Waals surface area (Å²) in [7, 11) is 0. The van der Waals surface area contributed by atoms with Crippen LogP contribution in [0.5, 0.6) is 11.5 Å². The van der Waals surface area contributed by atoms with Crippen LogP contribution in [-0.2, 0) is 0 Å². The minimum atomic E-state index is -0.00935. The van der Waals surface area contributed by atoms with E-state index in [9.17, 15) is 4.79 Å². The number of nitrogens with one attached hydrogen (secondary N) is 1. The van der Waals surface area contributed by atoms with Crippen molar-refractivity contribution >= 4 is 5.91 Å². The molecule has 1 aromatic heterocycles. The first-order valence-corrected chi connectivity index (χ1v) is 12.1. The minimum absolute atomic E-state index is 0.00935. The van der Waals surface area contributed by atoms with Gasteiger partial charge in [0.1, 0.15) is 12.7 Å². The van der Waals surface area contributed by atoms with Gasteiger partial charge < -0.3 is 14.8 Å². The Bertz CT molecular complexity index is 1080. The van der Waals surface area contributed by atoms with E-state index in [0.29, 0.717) is 24.6 Å². The molecule has 2 aromatic carbocycles. The number of fused-ring (bicyclic) bond motifs is 1. The Morgan fingerprint density at radius 3 is 2.53 bits per heavy atom. The highest BCUT2D eigenvalue weighted by Gasteiger charge is 2.26. The van der Waals surface area contributed by atoms with Crippen LogP contribution < -0.4 is 14.8 Å². The lowest BCUT2D eigenvalue weighted by molar-refractivity contribution is 0.0472. The average Bonchev–Trinajstić information content (AvgIpc) is 2.90. The fraction of sp³-hybridized carbons (Fsp3) is 0.357. The molecule has 5 rings (SSSR count). The molecule has 0 saturated carbocycles. The van der Waals surface area contributed by atoms with E-state index >= 15 is 0 Å². The van der Waals surface area contributed by atoms with Crippen molar-refractivity contribution in [1.29, 1.82) is 0 Å². The van der Waals surface area contributed by atoms with Gasteiger partial charge in [-0.2, -0.15) is 0 Å². The van der Waals surface area contributed by atoms with Gasteiger partial charge in [0, 0.05) is 31.0 Å². The lowest BCUT2D eigenvalue weighted by Crippen LogP contribution is -2.44. The third-order valence-electron chi connectivity index (χ3n) is 6.72. The molecule has 6 nitrogen and oxygen atoms in total. The van der Waals surface area contributed by atoms with E-state index in [1.165, 1.54) is 0 Å². The lowest BCUT2D eigenvalue weighted by Gasteiger charge is -2.35. The molecule has 176 valence electrons. The monoisotopic (exact) mass is 457 g/mol. The van der Waals surface area contributed by atoms with Crippen LogP contribution in [0.4, 0.5) is 0 Å². The highest BCUT2D eigenvalue weighted by molar-refractivity contribution is 5.94. The smallest absolute Gasteiger partial charge is 0.251 e. The van der Waals surface area contributed by atoms with Crippen molar-refractivity contribution in [3.63, 3.8) is 0 Å². The Morgan fingerprint density at radius 1 is 0.971 bits per heavy atom. The molecule has 1 saturated heterocycles. The molecule has 6 heteroatoms. The molecule has 1 N–H and O–H groups in total. The first-order chi connectivity index (χ1) is 16.7. The third kappa shape index (κ3) is 5.57. The number of carbonyl (C=O) groups excluding carboxylic acids is 1. The molecular weight excluding hydrogens is 426 g/mol.